The topological polar surface area (TPSA) is 49.3 Å². The zero-order valence-corrected chi connectivity index (χ0v) is 19.0. The van der Waals surface area contributed by atoms with Crippen LogP contribution in [0.15, 0.2) is 30.3 Å². The molecule has 6 rings (SSSR count). The maximum atomic E-state index is 13.1. The lowest BCUT2D eigenvalue weighted by atomic mass is 10.1. The number of anilines is 1. The summed E-state index contributed by atoms with van der Waals surface area (Å²) in [6.45, 7) is 7.62. The molecule has 2 aliphatic carbocycles. The van der Waals surface area contributed by atoms with Gasteiger partial charge >= 0.3 is 0 Å². The van der Waals surface area contributed by atoms with Crippen LogP contribution < -0.4 is 4.90 Å². The monoisotopic (exact) mass is 432 g/mol. The molecule has 3 aromatic rings. The van der Waals surface area contributed by atoms with Gasteiger partial charge < -0.3 is 9.80 Å². The van der Waals surface area contributed by atoms with Gasteiger partial charge in [0.1, 0.15) is 16.5 Å². The van der Waals surface area contributed by atoms with Crippen LogP contribution in [0.25, 0.3) is 10.2 Å². The van der Waals surface area contributed by atoms with Crippen LogP contribution in [0.3, 0.4) is 0 Å². The summed E-state index contributed by atoms with van der Waals surface area (Å²) >= 11 is 1.79. The van der Waals surface area contributed by atoms with Gasteiger partial charge in [0.2, 0.25) is 5.91 Å². The van der Waals surface area contributed by atoms with Crippen LogP contribution in [0.1, 0.15) is 52.9 Å². The van der Waals surface area contributed by atoms with E-state index in [0.717, 1.165) is 49.1 Å². The van der Waals surface area contributed by atoms with E-state index in [1.54, 1.807) is 11.3 Å². The molecule has 0 radical (unpaired) electrons. The molecule has 2 aromatic heterocycles. The second-order valence-electron chi connectivity index (χ2n) is 9.31. The van der Waals surface area contributed by atoms with Crippen molar-refractivity contribution in [2.75, 3.05) is 31.1 Å². The number of carbonyl (C=O) groups excluding carboxylic acids is 1. The molecule has 3 fully saturated rings. The predicted octanol–water partition coefficient (Wildman–Crippen LogP) is 4.64. The number of rotatable bonds is 4. The van der Waals surface area contributed by atoms with Crippen molar-refractivity contribution in [2.24, 2.45) is 5.92 Å². The third-order valence-corrected chi connectivity index (χ3v) is 8.30. The number of aromatic nitrogens is 2. The van der Waals surface area contributed by atoms with Gasteiger partial charge in [-0.25, -0.2) is 9.97 Å². The SMILES string of the molecule is Cc1sc2nc(C3CC3)nc(N3CCN(C(=O)[C@@H]4C[C@H]4c4ccccc4)CC3)c2c1C. The van der Waals surface area contributed by atoms with E-state index >= 15 is 0 Å². The molecule has 5 nitrogen and oxygen atoms in total. The molecule has 0 N–H and O–H groups in total. The first-order valence-electron chi connectivity index (χ1n) is 11.5. The summed E-state index contributed by atoms with van der Waals surface area (Å²) in [5.74, 6) is 3.56. The number of carbonyl (C=O) groups is 1. The standard InChI is InChI=1S/C25H28N4OS/c1-15-16(2)31-24-21(15)23(26-22(27-24)18-8-9-18)28-10-12-29(13-11-28)25(30)20-14-19(20)17-6-4-3-5-7-17/h3-7,18-20H,8-14H2,1-2H3/t19-,20+/m0/s1. The van der Waals surface area contributed by atoms with Gasteiger partial charge in [-0.3, -0.25) is 4.79 Å². The number of hydrogen-bond donors (Lipinski definition) is 0. The lowest BCUT2D eigenvalue weighted by Crippen LogP contribution is -2.49. The highest BCUT2D eigenvalue weighted by molar-refractivity contribution is 7.18. The molecular weight excluding hydrogens is 404 g/mol. The van der Waals surface area contributed by atoms with Crippen LogP contribution in [-0.4, -0.2) is 47.0 Å². The van der Waals surface area contributed by atoms with E-state index in [-0.39, 0.29) is 5.92 Å². The van der Waals surface area contributed by atoms with Crippen LogP contribution in [0, 0.1) is 19.8 Å². The van der Waals surface area contributed by atoms with Crippen molar-refractivity contribution in [3.63, 3.8) is 0 Å². The number of fused-ring (bicyclic) bond motifs is 1. The highest BCUT2D eigenvalue weighted by Gasteiger charge is 2.46. The Bertz CT molecular complexity index is 1150. The third kappa shape index (κ3) is 3.41. The van der Waals surface area contributed by atoms with Crippen molar-refractivity contribution < 1.29 is 4.79 Å². The molecule has 31 heavy (non-hydrogen) atoms. The van der Waals surface area contributed by atoms with E-state index in [1.807, 2.05) is 6.07 Å². The van der Waals surface area contributed by atoms with Gasteiger partial charge in [-0.1, -0.05) is 30.3 Å². The largest absolute Gasteiger partial charge is 0.352 e. The zero-order chi connectivity index (χ0) is 21.1. The Kier molecular flexibility index (Phi) is 4.53. The van der Waals surface area contributed by atoms with Gasteiger partial charge in [-0.2, -0.15) is 0 Å². The van der Waals surface area contributed by atoms with E-state index in [1.165, 1.54) is 34.2 Å². The minimum absolute atomic E-state index is 0.169. The van der Waals surface area contributed by atoms with Crippen molar-refractivity contribution in [3.05, 3.63) is 52.2 Å². The zero-order valence-electron chi connectivity index (χ0n) is 18.2. The molecule has 0 bridgehead atoms. The van der Waals surface area contributed by atoms with Crippen LogP contribution >= 0.6 is 11.3 Å². The quantitative estimate of drug-likeness (QED) is 0.603. The van der Waals surface area contributed by atoms with Crippen molar-refractivity contribution in [3.8, 4) is 0 Å². The number of piperazine rings is 1. The van der Waals surface area contributed by atoms with Crippen LogP contribution in [0.4, 0.5) is 5.82 Å². The van der Waals surface area contributed by atoms with Crippen LogP contribution in [-0.2, 0) is 4.79 Å². The number of hydrogen-bond acceptors (Lipinski definition) is 5. The van der Waals surface area contributed by atoms with Crippen molar-refractivity contribution in [2.45, 2.75) is 44.9 Å². The summed E-state index contributed by atoms with van der Waals surface area (Å²) in [7, 11) is 0. The normalized spacial score (nSPS) is 23.4. The maximum absolute atomic E-state index is 13.1. The highest BCUT2D eigenvalue weighted by atomic mass is 32.1. The first kappa shape index (κ1) is 19.2. The fourth-order valence-electron chi connectivity index (χ4n) is 4.91. The van der Waals surface area contributed by atoms with Gasteiger partial charge in [-0.05, 0) is 50.2 Å². The molecule has 6 heteroatoms. The van der Waals surface area contributed by atoms with Gasteiger partial charge in [0.15, 0.2) is 0 Å². The van der Waals surface area contributed by atoms with E-state index < -0.39 is 0 Å². The predicted molar refractivity (Wildman–Crippen MR) is 125 cm³/mol. The first-order valence-corrected chi connectivity index (χ1v) is 12.3. The summed E-state index contributed by atoms with van der Waals surface area (Å²) in [6.07, 6.45) is 3.41. The molecule has 160 valence electrons. The summed E-state index contributed by atoms with van der Waals surface area (Å²) in [5.41, 5.74) is 2.61. The van der Waals surface area contributed by atoms with Crippen LogP contribution in [0.2, 0.25) is 0 Å². The Labute approximate surface area is 187 Å². The molecule has 1 saturated heterocycles. The minimum Gasteiger partial charge on any atom is -0.352 e. The summed E-state index contributed by atoms with van der Waals surface area (Å²) in [5, 5.41) is 1.22. The molecule has 2 atom stereocenters. The number of thiophene rings is 1. The van der Waals surface area contributed by atoms with Gasteiger partial charge in [0.05, 0.1) is 5.39 Å². The fraction of sp³-hybridized carbons (Fsp3) is 0.480. The average Bonchev–Trinajstić information content (AvgIpc) is 3.72. The molecule has 2 saturated carbocycles. The van der Waals surface area contributed by atoms with Crippen molar-refractivity contribution in [1.82, 2.24) is 14.9 Å². The summed E-state index contributed by atoms with van der Waals surface area (Å²) in [4.78, 5) is 30.0. The average molecular weight is 433 g/mol. The molecule has 1 amide bonds. The summed E-state index contributed by atoms with van der Waals surface area (Å²) in [6, 6.07) is 10.5. The smallest absolute Gasteiger partial charge is 0.226 e. The van der Waals surface area contributed by atoms with Gasteiger partial charge in [-0.15, -0.1) is 11.3 Å². The van der Waals surface area contributed by atoms with E-state index in [4.69, 9.17) is 9.97 Å². The Hall–Kier alpha value is -2.47. The van der Waals surface area contributed by atoms with Crippen molar-refractivity contribution >= 4 is 33.3 Å². The number of amides is 1. The number of nitrogens with zero attached hydrogens (tertiary/aromatic N) is 4. The van der Waals surface area contributed by atoms with E-state index in [2.05, 4.69) is 47.9 Å². The number of benzene rings is 1. The molecular formula is C25H28N4OS. The number of aryl methyl sites for hydroxylation is 2. The lowest BCUT2D eigenvalue weighted by Gasteiger charge is -2.36. The van der Waals surface area contributed by atoms with Gasteiger partial charge in [0.25, 0.3) is 0 Å². The third-order valence-electron chi connectivity index (χ3n) is 7.20. The van der Waals surface area contributed by atoms with E-state index in [0.29, 0.717) is 17.7 Å². The molecule has 1 aromatic carbocycles. The Morgan fingerprint density at radius 3 is 2.48 bits per heavy atom. The maximum Gasteiger partial charge on any atom is 0.226 e. The molecule has 1 aliphatic heterocycles. The molecule has 3 heterocycles. The van der Waals surface area contributed by atoms with Crippen molar-refractivity contribution in [1.29, 1.82) is 0 Å². The molecule has 3 aliphatic rings. The molecule has 0 spiro atoms. The Morgan fingerprint density at radius 2 is 1.77 bits per heavy atom. The summed E-state index contributed by atoms with van der Waals surface area (Å²) < 4.78 is 0. The van der Waals surface area contributed by atoms with E-state index in [9.17, 15) is 4.79 Å². The second-order valence-corrected chi connectivity index (χ2v) is 10.5. The second kappa shape index (κ2) is 7.30. The Balaban J connectivity index is 1.19. The van der Waals surface area contributed by atoms with Crippen LogP contribution in [0.5, 0.6) is 0 Å². The molecule has 0 unspecified atom stereocenters. The minimum atomic E-state index is 0.169. The highest BCUT2D eigenvalue weighted by Crippen LogP contribution is 2.48. The fourth-order valence-corrected chi connectivity index (χ4v) is 5.94. The van der Waals surface area contributed by atoms with Gasteiger partial charge in [0, 0.05) is 42.9 Å². The lowest BCUT2D eigenvalue weighted by molar-refractivity contribution is -0.133. The first-order chi connectivity index (χ1) is 15.1. The Morgan fingerprint density at radius 1 is 1.03 bits per heavy atom.